The number of fused-ring (bicyclic) bond motifs is 1. The van der Waals surface area contributed by atoms with E-state index in [1.807, 2.05) is 36.4 Å². The second-order valence-electron chi connectivity index (χ2n) is 7.41. The summed E-state index contributed by atoms with van der Waals surface area (Å²) in [6, 6.07) is 11.6. The van der Waals surface area contributed by atoms with Gasteiger partial charge in [0.05, 0.1) is 27.0 Å². The summed E-state index contributed by atoms with van der Waals surface area (Å²) in [5.41, 5.74) is 15.9. The molecule has 1 amide bonds. The zero-order valence-electron chi connectivity index (χ0n) is 18.4. The van der Waals surface area contributed by atoms with Gasteiger partial charge in [-0.25, -0.2) is 9.99 Å². The molecule has 0 aliphatic carbocycles. The van der Waals surface area contributed by atoms with E-state index in [0.29, 0.717) is 35.8 Å². The van der Waals surface area contributed by atoms with Crippen molar-refractivity contribution in [2.75, 3.05) is 25.7 Å². The van der Waals surface area contributed by atoms with Crippen molar-refractivity contribution in [1.82, 2.24) is 15.0 Å². The molecule has 0 bridgehead atoms. The van der Waals surface area contributed by atoms with Gasteiger partial charge in [-0.05, 0) is 34.9 Å². The maximum absolute atomic E-state index is 12.8. The molecule has 168 valence electrons. The van der Waals surface area contributed by atoms with Gasteiger partial charge in [-0.3, -0.25) is 4.79 Å². The number of hydrazone groups is 1. The van der Waals surface area contributed by atoms with E-state index >= 15 is 0 Å². The highest BCUT2D eigenvalue weighted by Gasteiger charge is 2.17. The lowest BCUT2D eigenvalue weighted by molar-refractivity contribution is -0.126. The molecule has 33 heavy (non-hydrogen) atoms. The average molecular weight is 444 g/mol. The summed E-state index contributed by atoms with van der Waals surface area (Å²) in [5.74, 6) is 1.23. The first-order chi connectivity index (χ1) is 16.0. The zero-order chi connectivity index (χ0) is 23.4. The minimum absolute atomic E-state index is 0.119. The minimum atomic E-state index is -0.247. The zero-order valence-corrected chi connectivity index (χ0v) is 18.4. The van der Waals surface area contributed by atoms with Crippen LogP contribution in [0.5, 0.6) is 11.5 Å². The van der Waals surface area contributed by atoms with E-state index in [4.69, 9.17) is 20.9 Å². The third kappa shape index (κ3) is 4.77. The van der Waals surface area contributed by atoms with Crippen molar-refractivity contribution in [3.8, 4) is 11.5 Å². The highest BCUT2D eigenvalue weighted by atomic mass is 16.5. The molecule has 1 aromatic heterocycles. The van der Waals surface area contributed by atoms with Crippen molar-refractivity contribution in [3.05, 3.63) is 76.5 Å². The molecule has 2 heterocycles. The van der Waals surface area contributed by atoms with Crippen LogP contribution in [-0.2, 0) is 17.8 Å². The predicted molar refractivity (Wildman–Crippen MR) is 127 cm³/mol. The molecule has 0 unspecified atom stereocenters. The standard InChI is InChI=1S/C24H24N6O3/c1-32-20-11-15(10-19-12-27-24(26)29-23(19)25)9-16(22(20)33-2)7-8-21(31)30-14-18-6-4-3-5-17(18)13-28-30/h3-9,11-13H,10,14H2,1-2H3,(H4,25,26,27,29). The number of carbonyl (C=O) groups is 1. The van der Waals surface area contributed by atoms with Crippen LogP contribution in [0, 0.1) is 0 Å². The number of benzene rings is 2. The molecule has 4 rings (SSSR count). The van der Waals surface area contributed by atoms with Crippen LogP contribution in [0.1, 0.15) is 27.8 Å². The predicted octanol–water partition coefficient (Wildman–Crippen LogP) is 2.64. The number of hydrogen-bond acceptors (Lipinski definition) is 8. The third-order valence-electron chi connectivity index (χ3n) is 5.25. The average Bonchev–Trinajstić information content (AvgIpc) is 2.83. The number of carbonyl (C=O) groups excluding carboxylic acids is 1. The van der Waals surface area contributed by atoms with Crippen molar-refractivity contribution in [1.29, 1.82) is 0 Å². The molecule has 0 spiro atoms. The first-order valence-corrected chi connectivity index (χ1v) is 10.2. The van der Waals surface area contributed by atoms with Gasteiger partial charge in [0.2, 0.25) is 5.95 Å². The van der Waals surface area contributed by atoms with Gasteiger partial charge >= 0.3 is 0 Å². The maximum atomic E-state index is 12.8. The Hall–Kier alpha value is -4.40. The first-order valence-electron chi connectivity index (χ1n) is 10.2. The highest BCUT2D eigenvalue weighted by molar-refractivity contribution is 5.94. The number of ether oxygens (including phenoxy) is 2. The molecule has 9 heteroatoms. The molecule has 1 aliphatic rings. The molecule has 0 saturated heterocycles. The molecule has 9 nitrogen and oxygen atoms in total. The van der Waals surface area contributed by atoms with Crippen LogP contribution < -0.4 is 20.9 Å². The Morgan fingerprint density at radius 1 is 1.18 bits per heavy atom. The summed E-state index contributed by atoms with van der Waals surface area (Å²) in [7, 11) is 3.11. The molecule has 2 aromatic carbocycles. The number of hydrogen-bond donors (Lipinski definition) is 2. The van der Waals surface area contributed by atoms with E-state index in [9.17, 15) is 4.79 Å². The number of aromatic nitrogens is 2. The van der Waals surface area contributed by atoms with Crippen molar-refractivity contribution >= 4 is 30.0 Å². The largest absolute Gasteiger partial charge is 0.493 e. The Balaban J connectivity index is 1.60. The minimum Gasteiger partial charge on any atom is -0.493 e. The Kier molecular flexibility index (Phi) is 6.21. The summed E-state index contributed by atoms with van der Waals surface area (Å²) in [6.45, 7) is 0.409. The third-order valence-corrected chi connectivity index (χ3v) is 5.25. The summed E-state index contributed by atoms with van der Waals surface area (Å²) in [5, 5.41) is 5.68. The maximum Gasteiger partial charge on any atom is 0.267 e. The number of nitrogen functional groups attached to an aromatic ring is 2. The second kappa shape index (κ2) is 9.39. The Morgan fingerprint density at radius 3 is 2.76 bits per heavy atom. The topological polar surface area (TPSA) is 129 Å². The molecule has 3 aromatic rings. The van der Waals surface area contributed by atoms with E-state index in [1.54, 1.807) is 32.7 Å². The van der Waals surface area contributed by atoms with Crippen LogP contribution in [0.15, 0.2) is 53.8 Å². The lowest BCUT2D eigenvalue weighted by Crippen LogP contribution is -2.26. The molecule has 0 radical (unpaired) electrons. The van der Waals surface area contributed by atoms with Gasteiger partial charge in [-0.1, -0.05) is 24.3 Å². The van der Waals surface area contributed by atoms with Gasteiger partial charge in [0.15, 0.2) is 11.5 Å². The molecular formula is C24H24N6O3. The van der Waals surface area contributed by atoms with Gasteiger partial charge in [0.1, 0.15) is 5.82 Å². The van der Waals surface area contributed by atoms with Crippen molar-refractivity contribution in [2.45, 2.75) is 13.0 Å². The Morgan fingerprint density at radius 2 is 2.00 bits per heavy atom. The Bertz CT molecular complexity index is 1250. The van der Waals surface area contributed by atoms with Crippen molar-refractivity contribution in [3.63, 3.8) is 0 Å². The summed E-state index contributed by atoms with van der Waals surface area (Å²) < 4.78 is 11.0. The monoisotopic (exact) mass is 444 g/mol. The van der Waals surface area contributed by atoms with Gasteiger partial charge in [0.25, 0.3) is 5.91 Å². The molecule has 0 fully saturated rings. The number of methoxy groups -OCH3 is 2. The van der Waals surface area contributed by atoms with E-state index in [2.05, 4.69) is 15.1 Å². The molecule has 0 saturated carbocycles. The molecule has 0 atom stereocenters. The van der Waals surface area contributed by atoms with E-state index in [1.165, 1.54) is 11.1 Å². The smallest absolute Gasteiger partial charge is 0.267 e. The van der Waals surface area contributed by atoms with Crippen LogP contribution in [0.25, 0.3) is 6.08 Å². The SMILES string of the molecule is COc1cc(Cc2cnc(N)nc2N)cc(C=CC(=O)N2Cc3ccccc3C=N2)c1OC. The lowest BCUT2D eigenvalue weighted by atomic mass is 10.0. The van der Waals surface area contributed by atoms with E-state index in [-0.39, 0.29) is 11.9 Å². The van der Waals surface area contributed by atoms with Crippen LogP contribution in [0.4, 0.5) is 11.8 Å². The number of nitrogens with zero attached hydrogens (tertiary/aromatic N) is 4. The fourth-order valence-electron chi connectivity index (χ4n) is 3.59. The normalized spacial score (nSPS) is 12.6. The number of amides is 1. The number of anilines is 2. The van der Waals surface area contributed by atoms with Crippen molar-refractivity contribution in [2.24, 2.45) is 5.10 Å². The number of rotatable bonds is 6. The fourth-order valence-corrected chi connectivity index (χ4v) is 3.59. The van der Waals surface area contributed by atoms with Gasteiger partial charge in [0, 0.05) is 29.8 Å². The lowest BCUT2D eigenvalue weighted by Gasteiger charge is -2.20. The second-order valence-corrected chi connectivity index (χ2v) is 7.41. The molecule has 4 N–H and O–H groups in total. The summed E-state index contributed by atoms with van der Waals surface area (Å²) in [6.07, 6.45) is 6.89. The van der Waals surface area contributed by atoms with Crippen LogP contribution in [0.2, 0.25) is 0 Å². The fraction of sp³-hybridized carbons (Fsp3) is 0.167. The van der Waals surface area contributed by atoms with Crippen LogP contribution in [-0.4, -0.2) is 41.3 Å². The Labute approximate surface area is 191 Å². The summed E-state index contributed by atoms with van der Waals surface area (Å²) in [4.78, 5) is 20.8. The van der Waals surface area contributed by atoms with Gasteiger partial charge in [-0.15, -0.1) is 0 Å². The molecule has 1 aliphatic heterocycles. The van der Waals surface area contributed by atoms with Crippen LogP contribution in [0.3, 0.4) is 0 Å². The summed E-state index contributed by atoms with van der Waals surface area (Å²) >= 11 is 0. The van der Waals surface area contributed by atoms with E-state index in [0.717, 1.165) is 22.3 Å². The van der Waals surface area contributed by atoms with Gasteiger partial charge in [-0.2, -0.15) is 10.1 Å². The van der Waals surface area contributed by atoms with Crippen LogP contribution >= 0.6 is 0 Å². The quantitative estimate of drug-likeness (QED) is 0.559. The van der Waals surface area contributed by atoms with Gasteiger partial charge < -0.3 is 20.9 Å². The first kappa shape index (κ1) is 21.8. The number of nitrogens with two attached hydrogens (primary N) is 2. The highest BCUT2D eigenvalue weighted by Crippen LogP contribution is 2.34. The van der Waals surface area contributed by atoms with Crippen molar-refractivity contribution < 1.29 is 14.3 Å². The molecular weight excluding hydrogens is 420 g/mol. The van der Waals surface area contributed by atoms with E-state index < -0.39 is 0 Å².